The maximum absolute atomic E-state index is 12.5. The van der Waals surface area contributed by atoms with Gasteiger partial charge in [-0.25, -0.2) is 0 Å². The van der Waals surface area contributed by atoms with Crippen LogP contribution in [-0.2, 0) is 19.1 Å². The highest BCUT2D eigenvalue weighted by atomic mass is 16.5. The summed E-state index contributed by atoms with van der Waals surface area (Å²) in [6.07, 6.45) is 22.4. The predicted octanol–water partition coefficient (Wildman–Crippen LogP) is 9.19. The van der Waals surface area contributed by atoms with Gasteiger partial charge in [0.1, 0.15) is 0 Å². The smallest absolute Gasteiger partial charge is 0.309 e. The van der Waals surface area contributed by atoms with Crippen molar-refractivity contribution in [3.63, 3.8) is 0 Å². The number of unbranched alkanes of at least 4 members (excludes halogenated alkanes) is 13. The van der Waals surface area contributed by atoms with Crippen LogP contribution in [0, 0.1) is 11.8 Å². The topological polar surface area (TPSA) is 52.6 Å². The maximum atomic E-state index is 12.5. The Bertz CT molecular complexity index is 463. The van der Waals surface area contributed by atoms with E-state index >= 15 is 0 Å². The van der Waals surface area contributed by atoms with Gasteiger partial charge in [-0.05, 0) is 38.0 Å². The third kappa shape index (κ3) is 19.3. The highest BCUT2D eigenvalue weighted by Gasteiger charge is 2.26. The van der Waals surface area contributed by atoms with Crippen molar-refractivity contribution in [2.75, 3.05) is 13.2 Å². The monoisotopic (exact) mass is 482 g/mol. The average molecular weight is 483 g/mol. The van der Waals surface area contributed by atoms with Gasteiger partial charge in [-0.15, -0.1) is 0 Å². The molecule has 0 aliphatic carbocycles. The number of hydrogen-bond acceptors (Lipinski definition) is 4. The summed E-state index contributed by atoms with van der Waals surface area (Å²) < 4.78 is 10.9. The van der Waals surface area contributed by atoms with Gasteiger partial charge in [-0.3, -0.25) is 9.59 Å². The highest BCUT2D eigenvalue weighted by molar-refractivity contribution is 5.72. The van der Waals surface area contributed by atoms with Gasteiger partial charge in [0.05, 0.1) is 19.1 Å². The zero-order valence-corrected chi connectivity index (χ0v) is 23.3. The molecule has 0 aromatic rings. The molecule has 0 aliphatic heterocycles. The Kier molecular flexibility index (Phi) is 24.3. The Labute approximate surface area is 212 Å². The molecule has 0 rings (SSSR count). The maximum Gasteiger partial charge on any atom is 0.309 e. The molecule has 2 atom stereocenters. The van der Waals surface area contributed by atoms with Gasteiger partial charge in [0.25, 0.3) is 0 Å². The number of carbonyl (C=O) groups is 2. The van der Waals surface area contributed by atoms with Crippen LogP contribution >= 0.6 is 0 Å². The predicted molar refractivity (Wildman–Crippen MR) is 144 cm³/mol. The van der Waals surface area contributed by atoms with Gasteiger partial charge in [0, 0.05) is 6.42 Å². The molecule has 0 radical (unpaired) electrons. The minimum atomic E-state index is -0.0206. The lowest BCUT2D eigenvalue weighted by molar-refractivity contribution is -0.151. The molecular weight excluding hydrogens is 424 g/mol. The quantitative estimate of drug-likeness (QED) is 0.0961. The third-order valence-electron chi connectivity index (χ3n) is 7.04. The van der Waals surface area contributed by atoms with E-state index in [9.17, 15) is 9.59 Å². The molecular formula is C30H58O4. The summed E-state index contributed by atoms with van der Waals surface area (Å²) in [5.41, 5.74) is 0. The fourth-order valence-corrected chi connectivity index (χ4v) is 4.71. The highest BCUT2D eigenvalue weighted by Crippen LogP contribution is 2.27. The van der Waals surface area contributed by atoms with Gasteiger partial charge < -0.3 is 9.47 Å². The van der Waals surface area contributed by atoms with Crippen molar-refractivity contribution < 1.29 is 19.1 Å². The third-order valence-corrected chi connectivity index (χ3v) is 7.04. The van der Waals surface area contributed by atoms with Crippen LogP contribution in [0.5, 0.6) is 0 Å². The number of esters is 2. The normalized spacial score (nSPS) is 12.9. The molecule has 0 spiro atoms. The molecule has 0 bridgehead atoms. The first-order valence-corrected chi connectivity index (χ1v) is 14.9. The fourth-order valence-electron chi connectivity index (χ4n) is 4.71. The largest absolute Gasteiger partial charge is 0.466 e. The summed E-state index contributed by atoms with van der Waals surface area (Å²) in [4.78, 5) is 24.3. The van der Waals surface area contributed by atoms with Crippen molar-refractivity contribution >= 4 is 11.9 Å². The lowest BCUT2D eigenvalue weighted by Gasteiger charge is -2.23. The van der Waals surface area contributed by atoms with Gasteiger partial charge >= 0.3 is 11.9 Å². The van der Waals surface area contributed by atoms with E-state index < -0.39 is 0 Å². The number of ether oxygens (including phenoxy) is 2. The number of hydrogen-bond donors (Lipinski definition) is 0. The van der Waals surface area contributed by atoms with Crippen LogP contribution in [0.2, 0.25) is 0 Å². The zero-order chi connectivity index (χ0) is 25.3. The van der Waals surface area contributed by atoms with E-state index in [2.05, 4.69) is 27.7 Å². The Balaban J connectivity index is 3.72. The second-order valence-corrected chi connectivity index (χ2v) is 10.1. The number of rotatable bonds is 25. The van der Waals surface area contributed by atoms with Crippen LogP contribution in [0.25, 0.3) is 0 Å². The van der Waals surface area contributed by atoms with E-state index in [0.717, 1.165) is 57.8 Å². The molecule has 2 unspecified atom stereocenters. The Morgan fingerprint density at radius 1 is 0.559 bits per heavy atom. The standard InChI is InChI=1S/C30H58O4/c1-5-9-11-21-25-33-29(31)24-20-18-16-14-13-15-17-19-23-27(7-3)28(8-4)30(32)34-26-22-12-10-6-2/h27-28H,5-26H2,1-4H3. The second kappa shape index (κ2) is 25.0. The number of carbonyl (C=O) groups excluding carboxylic acids is 2. The van der Waals surface area contributed by atoms with Crippen LogP contribution in [-0.4, -0.2) is 25.2 Å². The zero-order valence-electron chi connectivity index (χ0n) is 23.3. The van der Waals surface area contributed by atoms with E-state index in [1.54, 1.807) is 0 Å². The first kappa shape index (κ1) is 32.9. The van der Waals surface area contributed by atoms with Crippen molar-refractivity contribution in [2.45, 2.75) is 156 Å². The van der Waals surface area contributed by atoms with E-state index in [-0.39, 0.29) is 17.9 Å². The summed E-state index contributed by atoms with van der Waals surface area (Å²) in [6.45, 7) is 9.90. The van der Waals surface area contributed by atoms with Crippen LogP contribution in [0.1, 0.15) is 156 Å². The van der Waals surface area contributed by atoms with Crippen molar-refractivity contribution in [3.8, 4) is 0 Å². The van der Waals surface area contributed by atoms with Crippen LogP contribution in [0.4, 0.5) is 0 Å². The molecule has 0 saturated heterocycles. The van der Waals surface area contributed by atoms with Crippen molar-refractivity contribution in [2.24, 2.45) is 11.8 Å². The molecule has 202 valence electrons. The SMILES string of the molecule is CCCCCCOC(=O)CCCCCCCCCCC(CC)C(CC)C(=O)OCCCCCC. The lowest BCUT2D eigenvalue weighted by Crippen LogP contribution is -2.25. The van der Waals surface area contributed by atoms with Gasteiger partial charge in [-0.1, -0.05) is 118 Å². The summed E-state index contributed by atoms with van der Waals surface area (Å²) in [5, 5.41) is 0. The van der Waals surface area contributed by atoms with Gasteiger partial charge in [0.2, 0.25) is 0 Å². The molecule has 0 aromatic heterocycles. The Hall–Kier alpha value is -1.06. The fraction of sp³-hybridized carbons (Fsp3) is 0.933. The molecule has 4 nitrogen and oxygen atoms in total. The molecule has 34 heavy (non-hydrogen) atoms. The van der Waals surface area contributed by atoms with Crippen LogP contribution in [0.3, 0.4) is 0 Å². The molecule has 4 heteroatoms. The first-order chi connectivity index (χ1) is 16.6. The summed E-state index contributed by atoms with van der Waals surface area (Å²) in [5.74, 6) is 0.540. The molecule has 0 fully saturated rings. The molecule has 0 saturated carbocycles. The average Bonchev–Trinajstić information content (AvgIpc) is 2.84. The first-order valence-electron chi connectivity index (χ1n) is 14.9. The molecule has 0 aromatic carbocycles. The van der Waals surface area contributed by atoms with E-state index in [1.165, 1.54) is 64.2 Å². The van der Waals surface area contributed by atoms with E-state index in [4.69, 9.17) is 9.47 Å². The Morgan fingerprint density at radius 3 is 1.59 bits per heavy atom. The molecule has 0 heterocycles. The van der Waals surface area contributed by atoms with E-state index in [0.29, 0.717) is 25.6 Å². The summed E-state index contributed by atoms with van der Waals surface area (Å²) >= 11 is 0. The molecule has 0 N–H and O–H groups in total. The van der Waals surface area contributed by atoms with Crippen LogP contribution in [0.15, 0.2) is 0 Å². The van der Waals surface area contributed by atoms with Crippen molar-refractivity contribution in [1.29, 1.82) is 0 Å². The summed E-state index contributed by atoms with van der Waals surface area (Å²) in [7, 11) is 0. The van der Waals surface area contributed by atoms with E-state index in [1.807, 2.05) is 0 Å². The summed E-state index contributed by atoms with van der Waals surface area (Å²) in [6, 6.07) is 0. The van der Waals surface area contributed by atoms with Gasteiger partial charge in [-0.2, -0.15) is 0 Å². The van der Waals surface area contributed by atoms with Crippen molar-refractivity contribution in [3.05, 3.63) is 0 Å². The minimum Gasteiger partial charge on any atom is -0.466 e. The van der Waals surface area contributed by atoms with Gasteiger partial charge in [0.15, 0.2) is 0 Å². The lowest BCUT2D eigenvalue weighted by atomic mass is 9.84. The molecule has 0 amide bonds. The van der Waals surface area contributed by atoms with Crippen LogP contribution < -0.4 is 0 Å². The minimum absolute atomic E-state index is 0.0206. The van der Waals surface area contributed by atoms with Crippen molar-refractivity contribution in [1.82, 2.24) is 0 Å². The molecule has 0 aliphatic rings. The Morgan fingerprint density at radius 2 is 1.06 bits per heavy atom. The second-order valence-electron chi connectivity index (χ2n) is 10.1.